The lowest BCUT2D eigenvalue weighted by Crippen LogP contribution is -2.30. The predicted octanol–water partition coefficient (Wildman–Crippen LogP) is 1.91. The van der Waals surface area contributed by atoms with Crippen LogP contribution in [0.5, 0.6) is 5.75 Å². The zero-order valence-corrected chi connectivity index (χ0v) is 9.97. The summed E-state index contributed by atoms with van der Waals surface area (Å²) in [7, 11) is 1.76. The minimum atomic E-state index is -0.108. The van der Waals surface area contributed by atoms with Crippen LogP contribution in [0.3, 0.4) is 0 Å². The number of hydrogen-bond acceptors (Lipinski definition) is 3. The van der Waals surface area contributed by atoms with Crippen LogP contribution in [0.4, 0.5) is 0 Å². The number of aromatic nitrogens is 1. The average Bonchev–Trinajstić information content (AvgIpc) is 2.27. The van der Waals surface area contributed by atoms with Crippen LogP contribution in [-0.4, -0.2) is 34.5 Å². The van der Waals surface area contributed by atoms with Crippen LogP contribution in [0.2, 0.25) is 0 Å². The van der Waals surface area contributed by atoms with E-state index in [0.29, 0.717) is 18.0 Å². The lowest BCUT2D eigenvalue weighted by molar-refractivity contribution is 0.0774. The largest absolute Gasteiger partial charge is 0.506 e. The first-order valence-corrected chi connectivity index (χ1v) is 5.44. The molecule has 0 spiro atoms. The summed E-state index contributed by atoms with van der Waals surface area (Å²) in [6.07, 6.45) is 3.82. The normalized spacial score (nSPS) is 12.2. The van der Waals surface area contributed by atoms with Gasteiger partial charge in [0.1, 0.15) is 5.75 Å². The van der Waals surface area contributed by atoms with E-state index >= 15 is 0 Å². The van der Waals surface area contributed by atoms with Crippen molar-refractivity contribution in [2.24, 2.45) is 5.92 Å². The zero-order chi connectivity index (χ0) is 12.1. The molecule has 0 radical (unpaired) electrons. The number of carbonyl (C=O) groups excluding carboxylic acids is 1. The van der Waals surface area contributed by atoms with E-state index < -0.39 is 0 Å². The Morgan fingerprint density at radius 3 is 2.81 bits per heavy atom. The van der Waals surface area contributed by atoms with Crippen LogP contribution in [-0.2, 0) is 0 Å². The van der Waals surface area contributed by atoms with Crippen LogP contribution >= 0.6 is 0 Å². The molecule has 0 bridgehead atoms. The van der Waals surface area contributed by atoms with E-state index in [1.54, 1.807) is 11.9 Å². The highest BCUT2D eigenvalue weighted by molar-refractivity contribution is 5.94. The van der Waals surface area contributed by atoms with Gasteiger partial charge in [-0.2, -0.15) is 0 Å². The minimum Gasteiger partial charge on any atom is -0.506 e. The predicted molar refractivity (Wildman–Crippen MR) is 62.3 cm³/mol. The number of rotatable bonds is 4. The number of amides is 1. The second kappa shape index (κ2) is 5.49. The SMILES string of the molecule is CCC(C)CN(C)C(=O)c1cncc(O)c1. The highest BCUT2D eigenvalue weighted by Gasteiger charge is 2.14. The van der Waals surface area contributed by atoms with Crippen molar-refractivity contribution >= 4 is 5.91 Å². The van der Waals surface area contributed by atoms with Crippen molar-refractivity contribution in [2.45, 2.75) is 20.3 Å². The Bertz CT molecular complexity index is 366. The molecule has 0 saturated heterocycles. The third-order valence-corrected chi connectivity index (χ3v) is 2.60. The van der Waals surface area contributed by atoms with Crippen molar-refractivity contribution in [1.29, 1.82) is 0 Å². The molecule has 0 aliphatic carbocycles. The number of nitrogens with zero attached hydrogens (tertiary/aromatic N) is 2. The average molecular weight is 222 g/mol. The van der Waals surface area contributed by atoms with Gasteiger partial charge in [-0.15, -0.1) is 0 Å². The van der Waals surface area contributed by atoms with E-state index in [2.05, 4.69) is 18.8 Å². The van der Waals surface area contributed by atoms with Gasteiger partial charge in [0.15, 0.2) is 0 Å². The number of carbonyl (C=O) groups is 1. The van der Waals surface area contributed by atoms with Crippen molar-refractivity contribution in [3.8, 4) is 5.75 Å². The molecule has 1 amide bonds. The van der Waals surface area contributed by atoms with Crippen LogP contribution in [0, 0.1) is 5.92 Å². The molecule has 1 unspecified atom stereocenters. The first kappa shape index (κ1) is 12.5. The summed E-state index contributed by atoms with van der Waals surface area (Å²) in [5, 5.41) is 9.24. The second-order valence-corrected chi connectivity index (χ2v) is 4.13. The molecular formula is C12H18N2O2. The smallest absolute Gasteiger partial charge is 0.255 e. The van der Waals surface area contributed by atoms with Gasteiger partial charge in [-0.05, 0) is 12.0 Å². The summed E-state index contributed by atoms with van der Waals surface area (Å²) in [5.74, 6) is 0.380. The maximum Gasteiger partial charge on any atom is 0.255 e. The van der Waals surface area contributed by atoms with Crippen molar-refractivity contribution in [3.63, 3.8) is 0 Å². The number of aromatic hydroxyl groups is 1. The summed E-state index contributed by atoms with van der Waals surface area (Å²) >= 11 is 0. The van der Waals surface area contributed by atoms with Gasteiger partial charge in [0.25, 0.3) is 5.91 Å². The van der Waals surface area contributed by atoms with Gasteiger partial charge < -0.3 is 10.0 Å². The standard InChI is InChI=1S/C12H18N2O2/c1-4-9(2)8-14(3)12(16)10-5-11(15)7-13-6-10/h5-7,9,15H,4,8H2,1-3H3. The van der Waals surface area contributed by atoms with Gasteiger partial charge in [-0.25, -0.2) is 0 Å². The van der Waals surface area contributed by atoms with Crippen LogP contribution < -0.4 is 0 Å². The van der Waals surface area contributed by atoms with E-state index in [0.717, 1.165) is 6.42 Å². The Morgan fingerprint density at radius 1 is 1.56 bits per heavy atom. The van der Waals surface area contributed by atoms with E-state index in [-0.39, 0.29) is 11.7 Å². The van der Waals surface area contributed by atoms with E-state index in [1.165, 1.54) is 18.5 Å². The van der Waals surface area contributed by atoms with Gasteiger partial charge in [-0.3, -0.25) is 9.78 Å². The van der Waals surface area contributed by atoms with Gasteiger partial charge in [-0.1, -0.05) is 20.3 Å². The molecule has 0 fully saturated rings. The molecule has 88 valence electrons. The van der Waals surface area contributed by atoms with Crippen LogP contribution in [0.1, 0.15) is 30.6 Å². The molecule has 1 rings (SSSR count). The summed E-state index contributed by atoms with van der Waals surface area (Å²) < 4.78 is 0. The summed E-state index contributed by atoms with van der Waals surface area (Å²) in [4.78, 5) is 17.4. The molecule has 1 heterocycles. The molecular weight excluding hydrogens is 204 g/mol. The second-order valence-electron chi connectivity index (χ2n) is 4.13. The van der Waals surface area contributed by atoms with Gasteiger partial charge in [0.05, 0.1) is 11.8 Å². The van der Waals surface area contributed by atoms with Crippen molar-refractivity contribution < 1.29 is 9.90 Å². The quantitative estimate of drug-likeness (QED) is 0.846. The molecule has 4 nitrogen and oxygen atoms in total. The zero-order valence-electron chi connectivity index (χ0n) is 9.97. The highest BCUT2D eigenvalue weighted by Crippen LogP contribution is 2.12. The lowest BCUT2D eigenvalue weighted by Gasteiger charge is -2.20. The Hall–Kier alpha value is -1.58. The molecule has 0 aliphatic rings. The third kappa shape index (κ3) is 3.22. The molecule has 4 heteroatoms. The Morgan fingerprint density at radius 2 is 2.25 bits per heavy atom. The Labute approximate surface area is 95.9 Å². The molecule has 0 aliphatic heterocycles. The summed E-state index contributed by atoms with van der Waals surface area (Å²) in [6, 6.07) is 1.43. The molecule has 0 aromatic carbocycles. The first-order valence-electron chi connectivity index (χ1n) is 5.44. The molecule has 0 saturated carbocycles. The van der Waals surface area contributed by atoms with Gasteiger partial charge in [0, 0.05) is 19.8 Å². The Balaban J connectivity index is 2.70. The van der Waals surface area contributed by atoms with E-state index in [4.69, 9.17) is 0 Å². The lowest BCUT2D eigenvalue weighted by atomic mass is 10.1. The number of hydrogen-bond donors (Lipinski definition) is 1. The van der Waals surface area contributed by atoms with Gasteiger partial charge >= 0.3 is 0 Å². The molecule has 1 atom stereocenters. The van der Waals surface area contributed by atoms with E-state index in [9.17, 15) is 9.90 Å². The van der Waals surface area contributed by atoms with Crippen molar-refractivity contribution in [3.05, 3.63) is 24.0 Å². The fraction of sp³-hybridized carbons (Fsp3) is 0.500. The maximum absolute atomic E-state index is 11.9. The Kier molecular flexibility index (Phi) is 4.28. The monoisotopic (exact) mass is 222 g/mol. The third-order valence-electron chi connectivity index (χ3n) is 2.60. The molecule has 1 aromatic rings. The van der Waals surface area contributed by atoms with Gasteiger partial charge in [0.2, 0.25) is 0 Å². The highest BCUT2D eigenvalue weighted by atomic mass is 16.3. The summed E-state index contributed by atoms with van der Waals surface area (Å²) in [5.41, 5.74) is 0.422. The van der Waals surface area contributed by atoms with E-state index in [1.807, 2.05) is 0 Å². The fourth-order valence-corrected chi connectivity index (χ4v) is 1.44. The van der Waals surface area contributed by atoms with Crippen molar-refractivity contribution in [1.82, 2.24) is 9.88 Å². The van der Waals surface area contributed by atoms with Crippen LogP contribution in [0.15, 0.2) is 18.5 Å². The van der Waals surface area contributed by atoms with Crippen LogP contribution in [0.25, 0.3) is 0 Å². The first-order chi connectivity index (χ1) is 7.54. The molecule has 16 heavy (non-hydrogen) atoms. The van der Waals surface area contributed by atoms with Crippen molar-refractivity contribution in [2.75, 3.05) is 13.6 Å². The molecule has 1 aromatic heterocycles. The topological polar surface area (TPSA) is 53.4 Å². The number of pyridine rings is 1. The summed E-state index contributed by atoms with van der Waals surface area (Å²) in [6.45, 7) is 4.91. The maximum atomic E-state index is 11.9. The minimum absolute atomic E-state index is 0.0165. The fourth-order valence-electron chi connectivity index (χ4n) is 1.44. The molecule has 1 N–H and O–H groups in total.